The Morgan fingerprint density at radius 1 is 1.00 bits per heavy atom. The van der Waals surface area contributed by atoms with E-state index in [9.17, 15) is 9.59 Å². The van der Waals surface area contributed by atoms with E-state index < -0.39 is 6.04 Å². The first-order valence-corrected chi connectivity index (χ1v) is 11.1. The maximum atomic E-state index is 13.4. The second-order valence-corrected chi connectivity index (χ2v) is 8.17. The number of nitrogens with zero attached hydrogens (tertiary/aromatic N) is 1. The monoisotopic (exact) mass is 408 g/mol. The van der Waals surface area contributed by atoms with E-state index in [0.29, 0.717) is 19.4 Å². The standard InChI is InChI=1S/C26H36N2O2/c1-6-21(5)27-26(30)24(7-2)28(16-15-22-11-9-8-10-12-22)25(29)18-23-17-19(3)13-14-20(23)4/h8-14,17,21,24H,6-7,15-16,18H2,1-5H3,(H,27,30)/t21-,24-/m0/s1. The molecule has 0 aromatic heterocycles. The highest BCUT2D eigenvalue weighted by atomic mass is 16.2. The number of nitrogens with one attached hydrogen (secondary N) is 1. The predicted molar refractivity (Wildman–Crippen MR) is 123 cm³/mol. The fraction of sp³-hybridized carbons (Fsp3) is 0.462. The van der Waals surface area contributed by atoms with Crippen molar-refractivity contribution in [1.29, 1.82) is 0 Å². The van der Waals surface area contributed by atoms with Crippen LogP contribution in [0.25, 0.3) is 0 Å². The van der Waals surface area contributed by atoms with Crippen molar-refractivity contribution >= 4 is 11.8 Å². The van der Waals surface area contributed by atoms with Crippen molar-refractivity contribution < 1.29 is 9.59 Å². The first-order chi connectivity index (χ1) is 14.3. The molecule has 0 aliphatic carbocycles. The third-order valence-electron chi connectivity index (χ3n) is 5.72. The zero-order valence-electron chi connectivity index (χ0n) is 19.1. The largest absolute Gasteiger partial charge is 0.352 e. The van der Waals surface area contributed by atoms with Gasteiger partial charge in [0.1, 0.15) is 6.04 Å². The third-order valence-corrected chi connectivity index (χ3v) is 5.72. The molecule has 0 aliphatic heterocycles. The van der Waals surface area contributed by atoms with Crippen LogP contribution in [0.1, 0.15) is 55.9 Å². The topological polar surface area (TPSA) is 49.4 Å². The number of benzene rings is 2. The highest BCUT2D eigenvalue weighted by Gasteiger charge is 2.29. The summed E-state index contributed by atoms with van der Waals surface area (Å²) in [5, 5.41) is 3.07. The molecule has 0 unspecified atom stereocenters. The first kappa shape index (κ1) is 23.7. The van der Waals surface area contributed by atoms with E-state index in [-0.39, 0.29) is 17.9 Å². The minimum absolute atomic E-state index is 0.00535. The van der Waals surface area contributed by atoms with Gasteiger partial charge in [-0.05, 0) is 56.7 Å². The van der Waals surface area contributed by atoms with Crippen molar-refractivity contribution in [2.75, 3.05) is 6.54 Å². The van der Waals surface area contributed by atoms with Gasteiger partial charge in [-0.2, -0.15) is 0 Å². The summed E-state index contributed by atoms with van der Waals surface area (Å²) in [6, 6.07) is 15.9. The average molecular weight is 409 g/mol. The van der Waals surface area contributed by atoms with Gasteiger partial charge in [0.15, 0.2) is 0 Å². The molecule has 0 heterocycles. The van der Waals surface area contributed by atoms with Gasteiger partial charge < -0.3 is 10.2 Å². The van der Waals surface area contributed by atoms with Crippen molar-refractivity contribution in [2.45, 2.75) is 72.4 Å². The molecule has 4 nitrogen and oxygen atoms in total. The van der Waals surface area contributed by atoms with Crippen molar-refractivity contribution in [3.05, 3.63) is 70.8 Å². The van der Waals surface area contributed by atoms with Gasteiger partial charge in [-0.1, -0.05) is 67.9 Å². The summed E-state index contributed by atoms with van der Waals surface area (Å²) in [7, 11) is 0. The number of hydrogen-bond donors (Lipinski definition) is 1. The molecule has 4 heteroatoms. The zero-order chi connectivity index (χ0) is 22.1. The van der Waals surface area contributed by atoms with E-state index in [1.807, 2.05) is 52.8 Å². The maximum Gasteiger partial charge on any atom is 0.243 e. The van der Waals surface area contributed by atoms with Crippen LogP contribution >= 0.6 is 0 Å². The lowest BCUT2D eigenvalue weighted by molar-refractivity contribution is -0.140. The summed E-state index contributed by atoms with van der Waals surface area (Å²) in [6.45, 7) is 10.6. The van der Waals surface area contributed by atoms with Crippen LogP contribution in [-0.4, -0.2) is 35.3 Å². The summed E-state index contributed by atoms with van der Waals surface area (Å²) in [5.41, 5.74) is 4.44. The zero-order valence-corrected chi connectivity index (χ0v) is 19.1. The number of amides is 2. The predicted octanol–water partition coefficient (Wildman–Crippen LogP) is 4.61. The molecule has 0 saturated heterocycles. The van der Waals surface area contributed by atoms with Crippen LogP contribution in [0.4, 0.5) is 0 Å². The van der Waals surface area contributed by atoms with Crippen molar-refractivity contribution in [2.24, 2.45) is 0 Å². The molecule has 0 saturated carbocycles. The molecule has 2 atom stereocenters. The van der Waals surface area contributed by atoms with Gasteiger partial charge in [0.2, 0.25) is 11.8 Å². The second-order valence-electron chi connectivity index (χ2n) is 8.17. The molecule has 0 aliphatic rings. The van der Waals surface area contributed by atoms with Gasteiger partial charge in [-0.25, -0.2) is 0 Å². The SMILES string of the molecule is CC[C@H](C)NC(=O)[C@H](CC)N(CCc1ccccc1)C(=O)Cc1cc(C)ccc1C. The summed E-state index contributed by atoms with van der Waals surface area (Å²) >= 11 is 0. The highest BCUT2D eigenvalue weighted by molar-refractivity contribution is 5.88. The molecule has 30 heavy (non-hydrogen) atoms. The van der Waals surface area contributed by atoms with E-state index in [0.717, 1.165) is 29.5 Å². The smallest absolute Gasteiger partial charge is 0.243 e. The van der Waals surface area contributed by atoms with Crippen LogP contribution in [0.5, 0.6) is 0 Å². The van der Waals surface area contributed by atoms with E-state index in [4.69, 9.17) is 0 Å². The Bertz CT molecular complexity index is 832. The minimum Gasteiger partial charge on any atom is -0.352 e. The molecule has 2 amide bonds. The number of hydrogen-bond acceptors (Lipinski definition) is 2. The molecule has 0 bridgehead atoms. The Morgan fingerprint density at radius 2 is 1.70 bits per heavy atom. The average Bonchev–Trinajstić information content (AvgIpc) is 2.74. The van der Waals surface area contributed by atoms with Crippen molar-refractivity contribution in [3.8, 4) is 0 Å². The number of rotatable bonds is 10. The normalized spacial score (nSPS) is 12.8. The van der Waals surface area contributed by atoms with Crippen LogP contribution in [0.3, 0.4) is 0 Å². The van der Waals surface area contributed by atoms with Gasteiger partial charge >= 0.3 is 0 Å². The maximum absolute atomic E-state index is 13.4. The molecule has 0 radical (unpaired) electrons. The van der Waals surface area contributed by atoms with E-state index >= 15 is 0 Å². The molecule has 0 spiro atoms. The van der Waals surface area contributed by atoms with Crippen LogP contribution in [0.15, 0.2) is 48.5 Å². The molecule has 2 aromatic rings. The van der Waals surface area contributed by atoms with Crippen molar-refractivity contribution in [1.82, 2.24) is 10.2 Å². The molecule has 0 fully saturated rings. The number of carbonyl (C=O) groups is 2. The van der Waals surface area contributed by atoms with Crippen LogP contribution in [-0.2, 0) is 22.4 Å². The molecule has 162 valence electrons. The molecule has 2 aromatic carbocycles. The fourth-order valence-corrected chi connectivity index (χ4v) is 3.59. The fourth-order valence-electron chi connectivity index (χ4n) is 3.59. The summed E-state index contributed by atoms with van der Waals surface area (Å²) in [4.78, 5) is 28.2. The molecular formula is C26H36N2O2. The van der Waals surface area contributed by atoms with Gasteiger partial charge in [0.05, 0.1) is 6.42 Å². The lowest BCUT2D eigenvalue weighted by Crippen LogP contribution is -2.52. The van der Waals surface area contributed by atoms with Gasteiger partial charge in [-0.3, -0.25) is 9.59 Å². The van der Waals surface area contributed by atoms with Gasteiger partial charge in [-0.15, -0.1) is 0 Å². The Hall–Kier alpha value is -2.62. The Morgan fingerprint density at radius 3 is 2.33 bits per heavy atom. The van der Waals surface area contributed by atoms with Crippen LogP contribution in [0, 0.1) is 13.8 Å². The van der Waals surface area contributed by atoms with E-state index in [1.165, 1.54) is 5.56 Å². The highest BCUT2D eigenvalue weighted by Crippen LogP contribution is 2.16. The molecular weight excluding hydrogens is 372 g/mol. The minimum atomic E-state index is -0.458. The summed E-state index contributed by atoms with van der Waals surface area (Å²) in [6.07, 6.45) is 2.50. The first-order valence-electron chi connectivity index (χ1n) is 11.1. The van der Waals surface area contributed by atoms with Crippen molar-refractivity contribution in [3.63, 3.8) is 0 Å². The Balaban J connectivity index is 2.24. The number of aryl methyl sites for hydroxylation is 2. The number of carbonyl (C=O) groups excluding carboxylic acids is 2. The Labute approximate surface area is 181 Å². The van der Waals surface area contributed by atoms with E-state index in [1.54, 1.807) is 4.90 Å². The van der Waals surface area contributed by atoms with Crippen LogP contribution < -0.4 is 5.32 Å². The lowest BCUT2D eigenvalue weighted by Gasteiger charge is -2.31. The third kappa shape index (κ3) is 6.72. The van der Waals surface area contributed by atoms with Gasteiger partial charge in [0, 0.05) is 12.6 Å². The summed E-state index contributed by atoms with van der Waals surface area (Å²) in [5.74, 6) is -0.0555. The molecule has 1 N–H and O–H groups in total. The molecule has 2 rings (SSSR count). The van der Waals surface area contributed by atoms with Gasteiger partial charge in [0.25, 0.3) is 0 Å². The second kappa shape index (κ2) is 11.5. The summed E-state index contributed by atoms with van der Waals surface area (Å²) < 4.78 is 0. The quantitative estimate of drug-likeness (QED) is 0.624. The van der Waals surface area contributed by atoms with E-state index in [2.05, 4.69) is 35.6 Å². The Kier molecular flexibility index (Phi) is 9.10. The lowest BCUT2D eigenvalue weighted by atomic mass is 10.0. The van der Waals surface area contributed by atoms with Crippen LogP contribution in [0.2, 0.25) is 0 Å².